The molecule has 3 rings (SSSR count). The highest BCUT2D eigenvalue weighted by atomic mass is 16.2. The minimum absolute atomic E-state index is 0.167. The molecule has 2 aromatic carbocycles. The van der Waals surface area contributed by atoms with E-state index < -0.39 is 0 Å². The first-order chi connectivity index (χ1) is 10.5. The van der Waals surface area contributed by atoms with Gasteiger partial charge in [-0.05, 0) is 35.1 Å². The van der Waals surface area contributed by atoms with E-state index in [2.05, 4.69) is 58.1 Å². The summed E-state index contributed by atoms with van der Waals surface area (Å²) in [6, 6.07) is 12.9. The molecule has 1 aliphatic rings. The molecule has 0 N–H and O–H groups in total. The van der Waals surface area contributed by atoms with Crippen molar-refractivity contribution in [3.63, 3.8) is 0 Å². The van der Waals surface area contributed by atoms with Gasteiger partial charge in [0.15, 0.2) is 0 Å². The molecule has 22 heavy (non-hydrogen) atoms. The number of hydrogen-bond donors (Lipinski definition) is 0. The first-order valence-electron chi connectivity index (χ1n) is 7.94. The minimum Gasteiger partial charge on any atom is -0.330 e. The number of fused-ring (bicyclic) bond motifs is 1. The molecule has 0 spiro atoms. The van der Waals surface area contributed by atoms with Crippen LogP contribution in [0.25, 0.3) is 0 Å². The molecule has 1 heterocycles. The molecule has 2 aromatic rings. The lowest BCUT2D eigenvalue weighted by atomic mass is 9.90. The van der Waals surface area contributed by atoms with Crippen molar-refractivity contribution in [1.82, 2.24) is 4.90 Å². The van der Waals surface area contributed by atoms with Crippen molar-refractivity contribution in [2.45, 2.75) is 39.8 Å². The van der Waals surface area contributed by atoms with Crippen LogP contribution in [0.5, 0.6) is 0 Å². The number of carbonyl (C=O) groups is 1. The third-order valence-corrected chi connectivity index (χ3v) is 4.44. The molecule has 0 aromatic heterocycles. The van der Waals surface area contributed by atoms with E-state index in [0.29, 0.717) is 12.5 Å². The van der Waals surface area contributed by atoms with Gasteiger partial charge in [0.1, 0.15) is 7.85 Å². The van der Waals surface area contributed by atoms with E-state index in [4.69, 9.17) is 0 Å². The van der Waals surface area contributed by atoms with E-state index in [1.807, 2.05) is 11.8 Å². The molecule has 0 saturated heterocycles. The molecule has 3 heteroatoms. The molecule has 0 unspecified atom stereocenters. The number of benzene rings is 2. The van der Waals surface area contributed by atoms with Crippen LogP contribution in [0.2, 0.25) is 0 Å². The van der Waals surface area contributed by atoms with Crippen LogP contribution in [-0.4, -0.2) is 18.7 Å². The highest BCUT2D eigenvalue weighted by molar-refractivity contribution is 6.32. The van der Waals surface area contributed by atoms with Crippen molar-refractivity contribution in [2.24, 2.45) is 0 Å². The van der Waals surface area contributed by atoms with Crippen molar-refractivity contribution in [3.8, 4) is 0 Å². The molecule has 2 nitrogen and oxygen atoms in total. The summed E-state index contributed by atoms with van der Waals surface area (Å²) in [5, 5.41) is 0. The second-order valence-electron chi connectivity index (χ2n) is 6.67. The Morgan fingerprint density at radius 2 is 1.86 bits per heavy atom. The highest BCUT2D eigenvalue weighted by Gasteiger charge is 2.28. The Labute approximate surface area is 133 Å². The maximum atomic E-state index is 12.6. The van der Waals surface area contributed by atoms with Gasteiger partial charge in [0.25, 0.3) is 5.91 Å². The molecule has 0 saturated carbocycles. The van der Waals surface area contributed by atoms with E-state index in [0.717, 1.165) is 17.7 Å². The first kappa shape index (κ1) is 14.9. The van der Waals surface area contributed by atoms with Gasteiger partial charge in [0.05, 0.1) is 0 Å². The van der Waals surface area contributed by atoms with Crippen LogP contribution in [0.15, 0.2) is 36.4 Å². The predicted octanol–water partition coefficient (Wildman–Crippen LogP) is 2.53. The lowest BCUT2D eigenvalue weighted by Crippen LogP contribution is -2.23. The fourth-order valence-corrected chi connectivity index (χ4v) is 3.28. The van der Waals surface area contributed by atoms with E-state index in [-0.39, 0.29) is 5.91 Å². The summed E-state index contributed by atoms with van der Waals surface area (Å²) in [6.45, 7) is 7.83. The summed E-state index contributed by atoms with van der Waals surface area (Å²) in [4.78, 5) is 14.6. The van der Waals surface area contributed by atoms with Gasteiger partial charge in [-0.15, -0.1) is 0 Å². The average Bonchev–Trinajstić information content (AvgIpc) is 2.75. The van der Waals surface area contributed by atoms with Crippen LogP contribution in [0.3, 0.4) is 0 Å². The van der Waals surface area contributed by atoms with Gasteiger partial charge in [-0.1, -0.05) is 55.7 Å². The van der Waals surface area contributed by atoms with E-state index >= 15 is 0 Å². The Bertz CT molecular complexity index is 719. The zero-order valence-corrected chi connectivity index (χ0v) is 13.8. The molecule has 0 aliphatic carbocycles. The number of carbonyl (C=O) groups excluding carboxylic acids is 1. The Kier molecular flexibility index (Phi) is 3.82. The Morgan fingerprint density at radius 1 is 1.18 bits per heavy atom. The Hall–Kier alpha value is -2.03. The van der Waals surface area contributed by atoms with Crippen LogP contribution in [0.1, 0.15) is 52.4 Å². The third-order valence-electron chi connectivity index (χ3n) is 4.44. The van der Waals surface area contributed by atoms with Gasteiger partial charge in [-0.3, -0.25) is 4.79 Å². The molecule has 0 fully saturated rings. The van der Waals surface area contributed by atoms with Gasteiger partial charge < -0.3 is 4.90 Å². The first-order valence-corrected chi connectivity index (χ1v) is 7.94. The zero-order valence-electron chi connectivity index (χ0n) is 13.8. The van der Waals surface area contributed by atoms with Crippen molar-refractivity contribution in [2.75, 3.05) is 0 Å². The van der Waals surface area contributed by atoms with E-state index in [1.54, 1.807) is 0 Å². The second kappa shape index (κ2) is 5.64. The Balaban J connectivity index is 1.80. The van der Waals surface area contributed by atoms with Gasteiger partial charge in [-0.2, -0.15) is 0 Å². The number of rotatable bonds is 3. The monoisotopic (exact) mass is 291 g/mol. The van der Waals surface area contributed by atoms with E-state index in [1.165, 1.54) is 22.2 Å². The number of amides is 1. The number of nitrogens with zero attached hydrogens (tertiary/aromatic N) is 1. The molecular formula is C19H22BNO. The van der Waals surface area contributed by atoms with E-state index in [9.17, 15) is 4.79 Å². The summed E-state index contributed by atoms with van der Waals surface area (Å²) >= 11 is 0. The lowest BCUT2D eigenvalue weighted by Gasteiger charge is -2.16. The zero-order chi connectivity index (χ0) is 15.9. The van der Waals surface area contributed by atoms with Crippen LogP contribution in [-0.2, 0) is 13.1 Å². The molecule has 1 amide bonds. The maximum Gasteiger partial charge on any atom is 0.255 e. The number of hydrogen-bond acceptors (Lipinski definition) is 1. The summed E-state index contributed by atoms with van der Waals surface area (Å²) in [5.74, 6) is 0.706. The summed E-state index contributed by atoms with van der Waals surface area (Å²) in [6.07, 6.45) is 0. The maximum absolute atomic E-state index is 12.6. The standard InChI is InChI=1S/C19H22BNO/c1-12(2)15-6-4-14(5-7-15)10-21-11-16-9-17(20)8-13(3)18(16)19(21)22/h4-9,12H,10-11,20H2,1-3H3. The van der Waals surface area contributed by atoms with Gasteiger partial charge in [0.2, 0.25) is 0 Å². The van der Waals surface area contributed by atoms with Crippen molar-refractivity contribution < 1.29 is 4.79 Å². The largest absolute Gasteiger partial charge is 0.330 e. The minimum atomic E-state index is 0.167. The second-order valence-corrected chi connectivity index (χ2v) is 6.67. The van der Waals surface area contributed by atoms with Gasteiger partial charge >= 0.3 is 0 Å². The quantitative estimate of drug-likeness (QED) is 0.796. The molecular weight excluding hydrogens is 269 g/mol. The van der Waals surface area contributed by atoms with Gasteiger partial charge in [0, 0.05) is 18.7 Å². The van der Waals surface area contributed by atoms with Crippen LogP contribution in [0, 0.1) is 6.92 Å². The SMILES string of the molecule is Bc1cc(C)c2c(c1)CN(Cc1ccc(C(C)C)cc1)C2=O. The molecule has 0 atom stereocenters. The van der Waals surface area contributed by atoms with Crippen LogP contribution < -0.4 is 5.46 Å². The van der Waals surface area contributed by atoms with Crippen LogP contribution in [0.4, 0.5) is 0 Å². The fraction of sp³-hybridized carbons (Fsp3) is 0.316. The Morgan fingerprint density at radius 3 is 2.50 bits per heavy atom. The lowest BCUT2D eigenvalue weighted by molar-refractivity contribution is 0.0766. The normalized spacial score (nSPS) is 13.8. The summed E-state index contributed by atoms with van der Waals surface area (Å²) in [7, 11) is 2.09. The fourth-order valence-electron chi connectivity index (χ4n) is 3.28. The average molecular weight is 291 g/mol. The smallest absolute Gasteiger partial charge is 0.255 e. The third kappa shape index (κ3) is 2.68. The van der Waals surface area contributed by atoms with Crippen LogP contribution >= 0.6 is 0 Å². The van der Waals surface area contributed by atoms with Crippen molar-refractivity contribution >= 4 is 19.2 Å². The predicted molar refractivity (Wildman–Crippen MR) is 93.5 cm³/mol. The summed E-state index contributed by atoms with van der Waals surface area (Å²) in [5.41, 5.74) is 6.93. The topological polar surface area (TPSA) is 20.3 Å². The van der Waals surface area contributed by atoms with Crippen molar-refractivity contribution in [1.29, 1.82) is 0 Å². The number of aryl methyl sites for hydroxylation is 1. The molecule has 0 bridgehead atoms. The van der Waals surface area contributed by atoms with Gasteiger partial charge in [-0.25, -0.2) is 0 Å². The highest BCUT2D eigenvalue weighted by Crippen LogP contribution is 2.26. The molecule has 0 radical (unpaired) electrons. The van der Waals surface area contributed by atoms with Crippen molar-refractivity contribution in [3.05, 3.63) is 64.2 Å². The molecule has 1 aliphatic heterocycles. The molecule has 112 valence electrons. The summed E-state index contributed by atoms with van der Waals surface area (Å²) < 4.78 is 0.